The molecule has 1 heterocycles. The molecule has 0 radical (unpaired) electrons. The lowest BCUT2D eigenvalue weighted by Crippen LogP contribution is -1.97. The quantitative estimate of drug-likeness (QED) is 0.663. The van der Waals surface area contributed by atoms with E-state index in [1.165, 1.54) is 22.3 Å². The molecule has 1 atom stereocenters. The summed E-state index contributed by atoms with van der Waals surface area (Å²) < 4.78 is 5.31. The summed E-state index contributed by atoms with van der Waals surface area (Å²) in [6.07, 6.45) is 1.51. The van der Waals surface area contributed by atoms with E-state index in [2.05, 4.69) is 55.5 Å². The number of ether oxygens (including phenoxy) is 1. The van der Waals surface area contributed by atoms with Crippen LogP contribution in [0.15, 0.2) is 48.5 Å². The predicted octanol–water partition coefficient (Wildman–Crippen LogP) is 5.66. The second-order valence-corrected chi connectivity index (χ2v) is 4.62. The van der Waals surface area contributed by atoms with Gasteiger partial charge in [0.05, 0.1) is 12.7 Å². The molecule has 3 rings (SSSR count). The van der Waals surface area contributed by atoms with Crippen LogP contribution in [0.5, 0.6) is 0 Å². The van der Waals surface area contributed by atoms with Crippen molar-refractivity contribution in [2.75, 3.05) is 6.61 Å². The Bertz CT molecular complexity index is 513. The van der Waals surface area contributed by atoms with Crippen LogP contribution >= 0.6 is 0 Å². The van der Waals surface area contributed by atoms with Gasteiger partial charge in [0, 0.05) is 6.42 Å². The molecule has 0 N–H and O–H groups in total. The third-order valence-corrected chi connectivity index (χ3v) is 3.38. The molecule has 1 nitrogen and oxygen atoms in total. The molecule has 1 aliphatic heterocycles. The van der Waals surface area contributed by atoms with Gasteiger partial charge < -0.3 is 4.74 Å². The van der Waals surface area contributed by atoms with E-state index in [1.807, 2.05) is 27.7 Å². The van der Waals surface area contributed by atoms with Crippen molar-refractivity contribution in [3.8, 4) is 11.1 Å². The molecule has 0 bridgehead atoms. The molecule has 0 aromatic heterocycles. The Kier molecular flexibility index (Phi) is 7.78. The average molecular weight is 284 g/mol. The van der Waals surface area contributed by atoms with E-state index in [1.54, 1.807) is 0 Å². The molecule has 2 aromatic carbocycles. The molecule has 1 saturated heterocycles. The molecule has 114 valence electrons. The zero-order chi connectivity index (χ0) is 15.7. The highest BCUT2D eigenvalue weighted by Gasteiger charge is 2.23. The highest BCUT2D eigenvalue weighted by Crippen LogP contribution is 2.27. The third kappa shape index (κ3) is 5.02. The summed E-state index contributed by atoms with van der Waals surface area (Å²) in [5.74, 6) is 0. The van der Waals surface area contributed by atoms with Gasteiger partial charge in [-0.15, -0.1) is 0 Å². The number of epoxide rings is 1. The second-order valence-electron chi connectivity index (χ2n) is 4.62. The molecule has 0 saturated carbocycles. The van der Waals surface area contributed by atoms with Gasteiger partial charge in [0.15, 0.2) is 0 Å². The summed E-state index contributed by atoms with van der Waals surface area (Å²) in [6.45, 7) is 11.1. The summed E-state index contributed by atoms with van der Waals surface area (Å²) in [5.41, 5.74) is 5.43. The molecule has 21 heavy (non-hydrogen) atoms. The molecule has 0 aliphatic carbocycles. The maximum atomic E-state index is 5.31. The van der Waals surface area contributed by atoms with Crippen molar-refractivity contribution in [1.82, 2.24) is 0 Å². The van der Waals surface area contributed by atoms with Crippen molar-refractivity contribution >= 4 is 0 Å². The summed E-state index contributed by atoms with van der Waals surface area (Å²) in [7, 11) is 0. The van der Waals surface area contributed by atoms with E-state index in [9.17, 15) is 0 Å². The van der Waals surface area contributed by atoms with Gasteiger partial charge in [0.25, 0.3) is 0 Å². The summed E-state index contributed by atoms with van der Waals surface area (Å²) in [4.78, 5) is 0. The fourth-order valence-electron chi connectivity index (χ4n) is 2.27. The molecular formula is C20H28O. The highest BCUT2D eigenvalue weighted by molar-refractivity contribution is 5.68. The van der Waals surface area contributed by atoms with Crippen LogP contribution in [0.3, 0.4) is 0 Å². The lowest BCUT2D eigenvalue weighted by Gasteiger charge is -2.10. The van der Waals surface area contributed by atoms with Crippen LogP contribution in [0.4, 0.5) is 0 Å². The highest BCUT2D eigenvalue weighted by atomic mass is 16.6. The van der Waals surface area contributed by atoms with Gasteiger partial charge in [-0.25, -0.2) is 0 Å². The van der Waals surface area contributed by atoms with E-state index in [-0.39, 0.29) is 0 Å². The van der Waals surface area contributed by atoms with Gasteiger partial charge in [-0.3, -0.25) is 0 Å². The molecule has 1 heteroatoms. The van der Waals surface area contributed by atoms with Crippen LogP contribution in [0.1, 0.15) is 38.8 Å². The number of rotatable bonds is 3. The second kappa shape index (κ2) is 9.36. The first-order valence-electron chi connectivity index (χ1n) is 8.10. The Morgan fingerprint density at radius 1 is 0.905 bits per heavy atom. The lowest BCUT2D eigenvalue weighted by molar-refractivity contribution is 0.407. The van der Waals surface area contributed by atoms with Gasteiger partial charge >= 0.3 is 0 Å². The maximum absolute atomic E-state index is 5.31. The Balaban J connectivity index is 0.000000510. The monoisotopic (exact) mass is 284 g/mol. The predicted molar refractivity (Wildman–Crippen MR) is 92.8 cm³/mol. The van der Waals surface area contributed by atoms with Crippen molar-refractivity contribution in [1.29, 1.82) is 0 Å². The molecule has 1 fully saturated rings. The van der Waals surface area contributed by atoms with Crippen molar-refractivity contribution in [2.24, 2.45) is 0 Å². The van der Waals surface area contributed by atoms with Crippen LogP contribution in [-0.4, -0.2) is 12.7 Å². The minimum absolute atomic E-state index is 0.458. The Morgan fingerprint density at radius 2 is 1.52 bits per heavy atom. The SMILES string of the molecule is CC.CC.Cc1c(CC2CO2)cccc1-c1ccccc1. The molecule has 0 amide bonds. The van der Waals surface area contributed by atoms with Crippen LogP contribution in [0, 0.1) is 6.92 Å². The molecule has 1 aliphatic rings. The Morgan fingerprint density at radius 3 is 2.10 bits per heavy atom. The summed E-state index contributed by atoms with van der Waals surface area (Å²) >= 11 is 0. The van der Waals surface area contributed by atoms with Crippen LogP contribution in [-0.2, 0) is 11.2 Å². The van der Waals surface area contributed by atoms with Gasteiger partial charge in [0.2, 0.25) is 0 Å². The van der Waals surface area contributed by atoms with E-state index in [0.717, 1.165) is 13.0 Å². The molecule has 1 unspecified atom stereocenters. The number of hydrogen-bond acceptors (Lipinski definition) is 1. The largest absolute Gasteiger partial charge is 0.373 e. The minimum atomic E-state index is 0.458. The van der Waals surface area contributed by atoms with Crippen LogP contribution < -0.4 is 0 Å². The molecular weight excluding hydrogens is 256 g/mol. The maximum Gasteiger partial charge on any atom is 0.0850 e. The van der Waals surface area contributed by atoms with E-state index < -0.39 is 0 Å². The van der Waals surface area contributed by atoms with Gasteiger partial charge in [-0.1, -0.05) is 76.2 Å². The van der Waals surface area contributed by atoms with Crippen molar-refractivity contribution < 1.29 is 4.74 Å². The van der Waals surface area contributed by atoms with E-state index in [0.29, 0.717) is 6.10 Å². The summed E-state index contributed by atoms with van der Waals surface area (Å²) in [6, 6.07) is 17.1. The summed E-state index contributed by atoms with van der Waals surface area (Å²) in [5, 5.41) is 0. The van der Waals surface area contributed by atoms with Crippen LogP contribution in [0.25, 0.3) is 11.1 Å². The Hall–Kier alpha value is -1.60. The first-order valence-corrected chi connectivity index (χ1v) is 8.10. The van der Waals surface area contributed by atoms with Gasteiger partial charge in [-0.2, -0.15) is 0 Å². The third-order valence-electron chi connectivity index (χ3n) is 3.38. The van der Waals surface area contributed by atoms with E-state index >= 15 is 0 Å². The molecule has 0 spiro atoms. The van der Waals surface area contributed by atoms with Crippen molar-refractivity contribution in [2.45, 2.75) is 47.1 Å². The number of benzene rings is 2. The topological polar surface area (TPSA) is 12.5 Å². The molecule has 2 aromatic rings. The average Bonchev–Trinajstić information content (AvgIpc) is 3.38. The zero-order valence-corrected chi connectivity index (χ0v) is 14.0. The normalized spacial score (nSPS) is 15.2. The first-order chi connectivity index (χ1) is 10.3. The fourth-order valence-corrected chi connectivity index (χ4v) is 2.27. The minimum Gasteiger partial charge on any atom is -0.373 e. The Labute approximate surface area is 130 Å². The van der Waals surface area contributed by atoms with Gasteiger partial charge in [-0.05, 0) is 29.2 Å². The first kappa shape index (κ1) is 17.5. The lowest BCUT2D eigenvalue weighted by atomic mass is 9.94. The fraction of sp³-hybridized carbons (Fsp3) is 0.400. The van der Waals surface area contributed by atoms with Crippen molar-refractivity contribution in [3.63, 3.8) is 0 Å². The van der Waals surface area contributed by atoms with E-state index in [4.69, 9.17) is 4.74 Å². The van der Waals surface area contributed by atoms with Crippen LogP contribution in [0.2, 0.25) is 0 Å². The van der Waals surface area contributed by atoms with Crippen molar-refractivity contribution in [3.05, 3.63) is 59.7 Å². The smallest absolute Gasteiger partial charge is 0.0850 e. The zero-order valence-electron chi connectivity index (χ0n) is 14.0. The standard InChI is InChI=1S/C16H16O.2C2H6/c1-12-14(10-15-11-17-15)8-5-9-16(12)13-6-3-2-4-7-13;2*1-2/h2-9,15H,10-11H2,1H3;2*1-2H3. The number of hydrogen-bond donors (Lipinski definition) is 0. The van der Waals surface area contributed by atoms with Gasteiger partial charge in [0.1, 0.15) is 0 Å².